The van der Waals surface area contributed by atoms with Crippen molar-refractivity contribution in [3.63, 3.8) is 0 Å². The van der Waals surface area contributed by atoms with E-state index in [2.05, 4.69) is 48.4 Å². The maximum absolute atomic E-state index is 4.56. The van der Waals surface area contributed by atoms with Crippen molar-refractivity contribution in [1.29, 1.82) is 0 Å². The quantitative estimate of drug-likeness (QED) is 0.912. The Bertz CT molecular complexity index is 516. The van der Waals surface area contributed by atoms with E-state index in [-0.39, 0.29) is 0 Å². The molecule has 0 aliphatic rings. The molecule has 0 fully saturated rings. The van der Waals surface area contributed by atoms with Crippen molar-refractivity contribution >= 4 is 22.7 Å². The molecule has 3 nitrogen and oxygen atoms in total. The summed E-state index contributed by atoms with van der Waals surface area (Å²) < 4.78 is 0. The predicted molar refractivity (Wildman–Crippen MR) is 78.6 cm³/mol. The van der Waals surface area contributed by atoms with E-state index in [9.17, 15) is 0 Å². The van der Waals surface area contributed by atoms with E-state index in [1.807, 2.05) is 0 Å². The summed E-state index contributed by atoms with van der Waals surface area (Å²) in [7, 11) is 0. The Kier molecular flexibility index (Phi) is 4.48. The Labute approximate surface area is 116 Å². The average Bonchev–Trinajstić information content (AvgIpc) is 2.84. The fourth-order valence-corrected chi connectivity index (χ4v) is 3.71. The molecular formula is C13H19N3S2. The van der Waals surface area contributed by atoms with Crippen LogP contribution >= 0.6 is 22.7 Å². The number of rotatable bonds is 5. The van der Waals surface area contributed by atoms with E-state index in [0.717, 1.165) is 28.7 Å². The van der Waals surface area contributed by atoms with Gasteiger partial charge in [0.25, 0.3) is 0 Å². The zero-order valence-corrected chi connectivity index (χ0v) is 12.9. The highest BCUT2D eigenvalue weighted by Crippen LogP contribution is 2.27. The van der Waals surface area contributed by atoms with Crippen molar-refractivity contribution in [3.8, 4) is 0 Å². The lowest BCUT2D eigenvalue weighted by Gasteiger charge is -2.15. The second kappa shape index (κ2) is 5.91. The lowest BCUT2D eigenvalue weighted by atomic mass is 10.1. The summed E-state index contributed by atoms with van der Waals surface area (Å²) in [5.41, 5.74) is 2.32. The van der Waals surface area contributed by atoms with Crippen molar-refractivity contribution in [2.45, 2.75) is 40.2 Å². The van der Waals surface area contributed by atoms with Crippen molar-refractivity contribution in [2.75, 3.05) is 6.54 Å². The van der Waals surface area contributed by atoms with E-state index in [4.69, 9.17) is 0 Å². The standard InChI is InChI=1S/C13H19N3S2/c1-5-14-12(6-11-7-17-9(3)16-11)13-8(2)15-10(4)18-13/h7,12,14H,5-6H2,1-4H3. The first-order valence-electron chi connectivity index (χ1n) is 6.18. The Balaban J connectivity index is 2.20. The summed E-state index contributed by atoms with van der Waals surface area (Å²) >= 11 is 3.51. The smallest absolute Gasteiger partial charge is 0.0900 e. The van der Waals surface area contributed by atoms with Crippen LogP contribution in [0.4, 0.5) is 0 Å². The van der Waals surface area contributed by atoms with Gasteiger partial charge in [0, 0.05) is 22.7 Å². The minimum Gasteiger partial charge on any atom is -0.309 e. The highest BCUT2D eigenvalue weighted by molar-refractivity contribution is 7.11. The van der Waals surface area contributed by atoms with Crippen LogP contribution in [0, 0.1) is 20.8 Å². The van der Waals surface area contributed by atoms with E-state index >= 15 is 0 Å². The third kappa shape index (κ3) is 3.16. The first kappa shape index (κ1) is 13.6. The van der Waals surface area contributed by atoms with Crippen LogP contribution in [0.1, 0.15) is 39.2 Å². The molecule has 0 spiro atoms. The third-order valence-electron chi connectivity index (χ3n) is 2.79. The molecule has 0 radical (unpaired) electrons. The van der Waals surface area contributed by atoms with Crippen LogP contribution in [0.25, 0.3) is 0 Å². The molecule has 0 amide bonds. The Morgan fingerprint density at radius 1 is 1.22 bits per heavy atom. The van der Waals surface area contributed by atoms with E-state index in [1.165, 1.54) is 10.6 Å². The van der Waals surface area contributed by atoms with Crippen LogP contribution in [0.5, 0.6) is 0 Å². The van der Waals surface area contributed by atoms with E-state index in [0.29, 0.717) is 6.04 Å². The summed E-state index contributed by atoms with van der Waals surface area (Å²) in [5, 5.41) is 7.98. The molecule has 5 heteroatoms. The van der Waals surface area contributed by atoms with Gasteiger partial charge >= 0.3 is 0 Å². The van der Waals surface area contributed by atoms with Gasteiger partial charge in [0.2, 0.25) is 0 Å². The summed E-state index contributed by atoms with van der Waals surface area (Å²) in [5.74, 6) is 0. The number of aryl methyl sites for hydroxylation is 3. The molecule has 0 bridgehead atoms. The van der Waals surface area contributed by atoms with Gasteiger partial charge in [-0.1, -0.05) is 6.92 Å². The highest BCUT2D eigenvalue weighted by atomic mass is 32.1. The molecule has 98 valence electrons. The Morgan fingerprint density at radius 3 is 2.50 bits per heavy atom. The minimum absolute atomic E-state index is 0.336. The number of nitrogens with one attached hydrogen (secondary N) is 1. The van der Waals surface area contributed by atoms with Gasteiger partial charge in [-0.2, -0.15) is 0 Å². The summed E-state index contributed by atoms with van der Waals surface area (Å²) in [6.45, 7) is 9.32. The molecule has 1 unspecified atom stereocenters. The van der Waals surface area contributed by atoms with Gasteiger partial charge in [-0.15, -0.1) is 22.7 Å². The van der Waals surface area contributed by atoms with Gasteiger partial charge in [-0.3, -0.25) is 0 Å². The summed E-state index contributed by atoms with van der Waals surface area (Å²) in [4.78, 5) is 10.4. The zero-order chi connectivity index (χ0) is 13.1. The van der Waals surface area contributed by atoms with Crippen LogP contribution in [0.3, 0.4) is 0 Å². The van der Waals surface area contributed by atoms with Crippen molar-refractivity contribution in [3.05, 3.63) is 31.7 Å². The molecule has 2 heterocycles. The molecule has 2 aromatic rings. The largest absolute Gasteiger partial charge is 0.309 e. The molecule has 0 aromatic carbocycles. The van der Waals surface area contributed by atoms with Crippen LogP contribution in [0.15, 0.2) is 5.38 Å². The first-order chi connectivity index (χ1) is 8.60. The average molecular weight is 281 g/mol. The van der Waals surface area contributed by atoms with Crippen molar-refractivity contribution in [2.24, 2.45) is 0 Å². The molecule has 0 aliphatic heterocycles. The topological polar surface area (TPSA) is 37.8 Å². The van der Waals surface area contributed by atoms with E-state index in [1.54, 1.807) is 22.7 Å². The minimum atomic E-state index is 0.336. The van der Waals surface area contributed by atoms with Crippen LogP contribution < -0.4 is 5.32 Å². The van der Waals surface area contributed by atoms with Gasteiger partial charge in [0.15, 0.2) is 0 Å². The van der Waals surface area contributed by atoms with Gasteiger partial charge in [0.05, 0.1) is 21.4 Å². The van der Waals surface area contributed by atoms with Crippen molar-refractivity contribution < 1.29 is 0 Å². The van der Waals surface area contributed by atoms with Crippen LogP contribution in [-0.4, -0.2) is 16.5 Å². The zero-order valence-electron chi connectivity index (χ0n) is 11.3. The van der Waals surface area contributed by atoms with Gasteiger partial charge < -0.3 is 5.32 Å². The summed E-state index contributed by atoms with van der Waals surface area (Å²) in [6, 6.07) is 0.336. The first-order valence-corrected chi connectivity index (χ1v) is 7.88. The van der Waals surface area contributed by atoms with Crippen molar-refractivity contribution in [1.82, 2.24) is 15.3 Å². The number of likely N-dealkylation sites (N-methyl/N-ethyl adjacent to an activating group) is 1. The van der Waals surface area contributed by atoms with Gasteiger partial charge in [-0.05, 0) is 27.3 Å². The molecule has 1 atom stereocenters. The molecule has 2 aromatic heterocycles. The maximum Gasteiger partial charge on any atom is 0.0900 e. The fraction of sp³-hybridized carbons (Fsp3) is 0.538. The predicted octanol–water partition coefficient (Wildman–Crippen LogP) is 3.42. The number of aromatic nitrogens is 2. The second-order valence-electron chi connectivity index (χ2n) is 4.35. The number of hydrogen-bond donors (Lipinski definition) is 1. The SMILES string of the molecule is CCNC(Cc1csc(C)n1)c1sc(C)nc1C. The Morgan fingerprint density at radius 2 is 2.00 bits per heavy atom. The molecule has 0 aliphatic carbocycles. The number of thiazole rings is 2. The summed E-state index contributed by atoms with van der Waals surface area (Å²) in [6.07, 6.45) is 0.945. The second-order valence-corrected chi connectivity index (χ2v) is 6.65. The third-order valence-corrected chi connectivity index (χ3v) is 4.80. The molecule has 2 rings (SSSR count). The molecule has 0 saturated heterocycles. The normalized spacial score (nSPS) is 12.9. The molecule has 18 heavy (non-hydrogen) atoms. The van der Waals surface area contributed by atoms with Crippen LogP contribution in [-0.2, 0) is 6.42 Å². The number of nitrogens with zero attached hydrogens (tertiary/aromatic N) is 2. The molecule has 0 saturated carbocycles. The highest BCUT2D eigenvalue weighted by Gasteiger charge is 2.18. The Hall–Kier alpha value is -0.780. The lowest BCUT2D eigenvalue weighted by Crippen LogP contribution is -2.23. The molecule has 1 N–H and O–H groups in total. The fourth-order valence-electron chi connectivity index (χ4n) is 2.09. The van der Waals surface area contributed by atoms with Crippen LogP contribution in [0.2, 0.25) is 0 Å². The van der Waals surface area contributed by atoms with Gasteiger partial charge in [-0.25, -0.2) is 9.97 Å². The van der Waals surface area contributed by atoms with Gasteiger partial charge in [0.1, 0.15) is 0 Å². The maximum atomic E-state index is 4.56. The molecular weight excluding hydrogens is 262 g/mol. The lowest BCUT2D eigenvalue weighted by molar-refractivity contribution is 0.550. The van der Waals surface area contributed by atoms with E-state index < -0.39 is 0 Å². The number of hydrogen-bond acceptors (Lipinski definition) is 5. The monoisotopic (exact) mass is 281 g/mol.